The van der Waals surface area contributed by atoms with E-state index in [1.165, 1.54) is 56.9 Å². The fourth-order valence-corrected chi connectivity index (χ4v) is 3.33. The topological polar surface area (TPSA) is 12.0 Å². The van der Waals surface area contributed by atoms with Crippen molar-refractivity contribution in [1.29, 1.82) is 0 Å². The summed E-state index contributed by atoms with van der Waals surface area (Å²) in [6, 6.07) is 8.31. The van der Waals surface area contributed by atoms with Crippen molar-refractivity contribution in [3.05, 3.63) is 34.9 Å². The monoisotopic (exact) mass is 273 g/mol. The van der Waals surface area contributed by atoms with E-state index < -0.39 is 0 Å². The molecule has 1 heteroatoms. The number of hydrogen-bond acceptors (Lipinski definition) is 1. The fraction of sp³-hybridized carbons (Fsp3) is 0.684. The van der Waals surface area contributed by atoms with Gasteiger partial charge in [0.05, 0.1) is 0 Å². The molecule has 1 nitrogen and oxygen atoms in total. The molecule has 1 aliphatic rings. The van der Waals surface area contributed by atoms with E-state index in [0.717, 1.165) is 0 Å². The van der Waals surface area contributed by atoms with Crippen LogP contribution in [0.2, 0.25) is 0 Å². The van der Waals surface area contributed by atoms with Crippen molar-refractivity contribution in [2.45, 2.75) is 84.2 Å². The van der Waals surface area contributed by atoms with Gasteiger partial charge in [0.2, 0.25) is 0 Å². The Morgan fingerprint density at radius 3 is 2.55 bits per heavy atom. The highest BCUT2D eigenvalue weighted by molar-refractivity contribution is 5.35. The normalized spacial score (nSPS) is 17.6. The van der Waals surface area contributed by atoms with Crippen LogP contribution in [0.5, 0.6) is 0 Å². The van der Waals surface area contributed by atoms with Crippen molar-refractivity contribution in [3.8, 4) is 0 Å². The Bertz CT molecular complexity index is 410. The standard InChI is InChI=1S/C19H31N/c1-4-6-11-19(5-2)20-15(3)17-13-12-16-9-7-8-10-18(16)14-17/h12-15,19-20H,4-11H2,1-3H3. The zero-order valence-corrected chi connectivity index (χ0v) is 13.5. The van der Waals surface area contributed by atoms with Crippen LogP contribution in [-0.2, 0) is 12.8 Å². The minimum Gasteiger partial charge on any atom is -0.307 e. The molecule has 1 aromatic rings. The van der Waals surface area contributed by atoms with E-state index in [4.69, 9.17) is 0 Å². The average molecular weight is 273 g/mol. The van der Waals surface area contributed by atoms with E-state index in [-0.39, 0.29) is 0 Å². The molecule has 1 aliphatic carbocycles. The maximum atomic E-state index is 3.82. The summed E-state index contributed by atoms with van der Waals surface area (Å²) in [6.07, 6.45) is 10.5. The second-order valence-corrected chi connectivity index (χ2v) is 6.37. The van der Waals surface area contributed by atoms with Crippen LogP contribution >= 0.6 is 0 Å². The Balaban J connectivity index is 1.99. The molecule has 1 N–H and O–H groups in total. The third-order valence-electron chi connectivity index (χ3n) is 4.76. The van der Waals surface area contributed by atoms with Gasteiger partial charge in [-0.25, -0.2) is 0 Å². The van der Waals surface area contributed by atoms with Crippen LogP contribution in [0.25, 0.3) is 0 Å². The molecule has 0 bridgehead atoms. The van der Waals surface area contributed by atoms with Crippen LogP contribution in [0.1, 0.15) is 82.0 Å². The highest BCUT2D eigenvalue weighted by atomic mass is 14.9. The Morgan fingerprint density at radius 2 is 1.85 bits per heavy atom. The van der Waals surface area contributed by atoms with Gasteiger partial charge in [0.1, 0.15) is 0 Å². The lowest BCUT2D eigenvalue weighted by molar-refractivity contribution is 0.409. The van der Waals surface area contributed by atoms with E-state index >= 15 is 0 Å². The highest BCUT2D eigenvalue weighted by Gasteiger charge is 2.14. The van der Waals surface area contributed by atoms with E-state index in [0.29, 0.717) is 12.1 Å². The van der Waals surface area contributed by atoms with Gasteiger partial charge in [-0.15, -0.1) is 0 Å². The zero-order chi connectivity index (χ0) is 14.4. The summed E-state index contributed by atoms with van der Waals surface area (Å²) in [4.78, 5) is 0. The van der Waals surface area contributed by atoms with Crippen molar-refractivity contribution in [3.63, 3.8) is 0 Å². The molecule has 0 heterocycles. The molecule has 0 saturated carbocycles. The van der Waals surface area contributed by atoms with Gasteiger partial charge in [-0.3, -0.25) is 0 Å². The first-order chi connectivity index (χ1) is 9.74. The molecular formula is C19H31N. The number of hydrogen-bond donors (Lipinski definition) is 1. The van der Waals surface area contributed by atoms with Gasteiger partial charge in [-0.05, 0) is 62.1 Å². The van der Waals surface area contributed by atoms with Gasteiger partial charge in [-0.1, -0.05) is 44.9 Å². The summed E-state index contributed by atoms with van der Waals surface area (Å²) in [5.41, 5.74) is 4.66. The third kappa shape index (κ3) is 4.09. The molecule has 0 aromatic heterocycles. The summed E-state index contributed by atoms with van der Waals surface area (Å²) >= 11 is 0. The van der Waals surface area contributed by atoms with Crippen LogP contribution in [0.4, 0.5) is 0 Å². The molecule has 0 aliphatic heterocycles. The number of unbranched alkanes of at least 4 members (excludes halogenated alkanes) is 1. The van der Waals surface area contributed by atoms with Gasteiger partial charge < -0.3 is 5.32 Å². The summed E-state index contributed by atoms with van der Waals surface area (Å²) in [6.45, 7) is 6.89. The Hall–Kier alpha value is -0.820. The third-order valence-corrected chi connectivity index (χ3v) is 4.76. The van der Waals surface area contributed by atoms with Crippen LogP contribution in [0.15, 0.2) is 18.2 Å². The van der Waals surface area contributed by atoms with Gasteiger partial charge in [0.25, 0.3) is 0 Å². The average Bonchev–Trinajstić information content (AvgIpc) is 2.50. The maximum absolute atomic E-state index is 3.82. The van der Waals surface area contributed by atoms with E-state index in [9.17, 15) is 0 Å². The number of aryl methyl sites for hydroxylation is 2. The predicted molar refractivity (Wildman–Crippen MR) is 88.2 cm³/mol. The second kappa shape index (κ2) is 7.83. The summed E-state index contributed by atoms with van der Waals surface area (Å²) in [7, 11) is 0. The van der Waals surface area contributed by atoms with Gasteiger partial charge in [0, 0.05) is 12.1 Å². The van der Waals surface area contributed by atoms with Gasteiger partial charge >= 0.3 is 0 Å². The lowest BCUT2D eigenvalue weighted by Gasteiger charge is -2.24. The summed E-state index contributed by atoms with van der Waals surface area (Å²) in [5.74, 6) is 0. The molecule has 0 radical (unpaired) electrons. The smallest absolute Gasteiger partial charge is 0.0294 e. The molecule has 2 atom stereocenters. The van der Waals surface area contributed by atoms with Crippen molar-refractivity contribution in [2.75, 3.05) is 0 Å². The van der Waals surface area contributed by atoms with Crippen molar-refractivity contribution in [2.24, 2.45) is 0 Å². The number of fused-ring (bicyclic) bond motifs is 1. The predicted octanol–water partition coefficient (Wildman–Crippen LogP) is 5.18. The fourth-order valence-electron chi connectivity index (χ4n) is 3.33. The molecule has 2 rings (SSSR count). The minimum absolute atomic E-state index is 0.476. The number of rotatable bonds is 7. The molecule has 0 amide bonds. The molecule has 0 saturated heterocycles. The zero-order valence-electron chi connectivity index (χ0n) is 13.5. The number of benzene rings is 1. The Morgan fingerprint density at radius 1 is 1.10 bits per heavy atom. The van der Waals surface area contributed by atoms with E-state index in [1.54, 1.807) is 11.1 Å². The lowest BCUT2D eigenvalue weighted by atomic mass is 9.89. The van der Waals surface area contributed by atoms with Gasteiger partial charge in [0.15, 0.2) is 0 Å². The molecule has 0 fully saturated rings. The molecule has 1 aromatic carbocycles. The number of nitrogens with one attached hydrogen (secondary N) is 1. The van der Waals surface area contributed by atoms with Crippen molar-refractivity contribution in [1.82, 2.24) is 5.32 Å². The van der Waals surface area contributed by atoms with Crippen molar-refractivity contribution >= 4 is 0 Å². The molecule has 20 heavy (non-hydrogen) atoms. The van der Waals surface area contributed by atoms with Gasteiger partial charge in [-0.2, -0.15) is 0 Å². The van der Waals surface area contributed by atoms with E-state index in [2.05, 4.69) is 44.3 Å². The first-order valence-corrected chi connectivity index (χ1v) is 8.62. The highest BCUT2D eigenvalue weighted by Crippen LogP contribution is 2.25. The largest absolute Gasteiger partial charge is 0.307 e. The quantitative estimate of drug-likeness (QED) is 0.721. The van der Waals surface area contributed by atoms with Crippen LogP contribution in [0, 0.1) is 0 Å². The summed E-state index contributed by atoms with van der Waals surface area (Å²) < 4.78 is 0. The van der Waals surface area contributed by atoms with Crippen LogP contribution in [0.3, 0.4) is 0 Å². The lowest BCUT2D eigenvalue weighted by Crippen LogP contribution is -2.31. The molecule has 112 valence electrons. The second-order valence-electron chi connectivity index (χ2n) is 6.37. The SMILES string of the molecule is CCCCC(CC)NC(C)c1ccc2c(c1)CCCC2. The Labute approximate surface area is 125 Å². The first-order valence-electron chi connectivity index (χ1n) is 8.62. The molecule has 2 unspecified atom stereocenters. The van der Waals surface area contributed by atoms with Crippen molar-refractivity contribution < 1.29 is 0 Å². The van der Waals surface area contributed by atoms with E-state index in [1.807, 2.05) is 0 Å². The van der Waals surface area contributed by atoms with Crippen LogP contribution in [-0.4, -0.2) is 6.04 Å². The summed E-state index contributed by atoms with van der Waals surface area (Å²) in [5, 5.41) is 3.82. The first kappa shape index (κ1) is 15.6. The Kier molecular flexibility index (Phi) is 6.09. The minimum atomic E-state index is 0.476. The maximum Gasteiger partial charge on any atom is 0.0294 e. The van der Waals surface area contributed by atoms with Crippen LogP contribution < -0.4 is 5.32 Å². The molecule has 0 spiro atoms. The molecular weight excluding hydrogens is 242 g/mol.